The molecule has 0 aliphatic heterocycles. The number of fused-ring (bicyclic) bond motifs is 1. The smallest absolute Gasteiger partial charge is 0.281 e. The lowest BCUT2D eigenvalue weighted by atomic mass is 10.2. The maximum Gasteiger partial charge on any atom is 0.281 e. The van der Waals surface area contributed by atoms with E-state index in [0.29, 0.717) is 11.1 Å². The predicted molar refractivity (Wildman–Crippen MR) is 60.6 cm³/mol. The Labute approximate surface area is 91.6 Å². The lowest BCUT2D eigenvalue weighted by Gasteiger charge is -1.97. The number of nitrogens with zero attached hydrogens (tertiary/aromatic N) is 1. The van der Waals surface area contributed by atoms with Crippen LogP contribution in [-0.2, 0) is 0 Å². The van der Waals surface area contributed by atoms with Crippen LogP contribution in [0.1, 0.15) is 0 Å². The lowest BCUT2D eigenvalue weighted by Crippen LogP contribution is -1.91. The van der Waals surface area contributed by atoms with Gasteiger partial charge in [0, 0.05) is 26.3 Å². The van der Waals surface area contributed by atoms with Crippen molar-refractivity contribution in [1.29, 1.82) is 0 Å². The minimum Gasteiger partial charge on any atom is -0.398 e. The number of hydrogen-bond acceptors (Lipinski definition) is 4. The predicted octanol–water partition coefficient (Wildman–Crippen LogP) is 3.15. The van der Waals surface area contributed by atoms with Crippen LogP contribution in [0.3, 0.4) is 0 Å². The fourth-order valence-corrected chi connectivity index (χ4v) is 2.99. The third kappa shape index (κ3) is 1.36. The van der Waals surface area contributed by atoms with Crippen LogP contribution in [-0.4, -0.2) is 4.92 Å². The molecule has 2 rings (SSSR count). The van der Waals surface area contributed by atoms with Crippen LogP contribution in [0, 0.1) is 10.1 Å². The second-order valence-corrected chi connectivity index (χ2v) is 4.52. The van der Waals surface area contributed by atoms with E-state index in [4.69, 9.17) is 5.73 Å². The van der Waals surface area contributed by atoms with Gasteiger partial charge in [0.15, 0.2) is 0 Å². The molecule has 0 aliphatic carbocycles. The van der Waals surface area contributed by atoms with Crippen molar-refractivity contribution < 1.29 is 4.92 Å². The molecular weight excluding hydrogens is 268 g/mol. The highest BCUT2D eigenvalue weighted by atomic mass is 79.9. The number of anilines is 1. The Morgan fingerprint density at radius 2 is 2.21 bits per heavy atom. The van der Waals surface area contributed by atoms with Crippen molar-refractivity contribution in [3.05, 3.63) is 32.1 Å². The van der Waals surface area contributed by atoms with Crippen molar-refractivity contribution in [2.75, 3.05) is 5.73 Å². The van der Waals surface area contributed by atoms with E-state index in [1.54, 1.807) is 6.07 Å². The Bertz CT molecular complexity index is 523. The second-order valence-electron chi connectivity index (χ2n) is 2.75. The first-order chi connectivity index (χ1) is 6.59. The quantitative estimate of drug-likeness (QED) is 0.493. The maximum atomic E-state index is 10.8. The molecule has 0 radical (unpaired) electrons. The van der Waals surface area contributed by atoms with E-state index in [1.807, 2.05) is 5.38 Å². The van der Waals surface area contributed by atoms with Crippen molar-refractivity contribution in [2.45, 2.75) is 0 Å². The largest absolute Gasteiger partial charge is 0.398 e. The number of nitro groups is 1. The molecule has 72 valence electrons. The zero-order valence-corrected chi connectivity index (χ0v) is 9.26. The molecule has 4 nitrogen and oxygen atoms in total. The summed E-state index contributed by atoms with van der Waals surface area (Å²) in [6.07, 6.45) is 0. The van der Waals surface area contributed by atoms with Crippen molar-refractivity contribution in [3.8, 4) is 0 Å². The first kappa shape index (κ1) is 9.42. The van der Waals surface area contributed by atoms with Gasteiger partial charge in [-0.25, -0.2) is 0 Å². The molecule has 2 N–H and O–H groups in total. The van der Waals surface area contributed by atoms with Crippen LogP contribution in [0.2, 0.25) is 0 Å². The molecule has 0 spiro atoms. The highest BCUT2D eigenvalue weighted by Crippen LogP contribution is 2.38. The summed E-state index contributed by atoms with van der Waals surface area (Å²) in [6.45, 7) is 0. The van der Waals surface area contributed by atoms with Gasteiger partial charge in [-0.3, -0.25) is 10.1 Å². The first-order valence-electron chi connectivity index (χ1n) is 3.70. The molecule has 6 heteroatoms. The fourth-order valence-electron chi connectivity index (χ4n) is 1.27. The summed E-state index contributed by atoms with van der Waals surface area (Å²) in [4.78, 5) is 10.3. The second kappa shape index (κ2) is 3.21. The molecule has 0 amide bonds. The number of nitro benzene ring substituents is 1. The van der Waals surface area contributed by atoms with Crippen molar-refractivity contribution in [1.82, 2.24) is 0 Å². The third-order valence-corrected chi connectivity index (χ3v) is 3.69. The molecule has 0 saturated heterocycles. The standard InChI is InChI=1S/C8H5BrN2O2S/c9-5-3-14-7-2-4(10)1-6(8(5)7)11(12)13/h1-3H,10H2. The molecule has 1 aromatic carbocycles. The minimum absolute atomic E-state index is 0.0492. The third-order valence-electron chi connectivity index (χ3n) is 1.83. The van der Waals surface area contributed by atoms with Crippen molar-refractivity contribution in [2.24, 2.45) is 0 Å². The van der Waals surface area contributed by atoms with Crippen LogP contribution >= 0.6 is 27.3 Å². The number of hydrogen-bond donors (Lipinski definition) is 1. The van der Waals surface area contributed by atoms with Crippen LogP contribution in [0.15, 0.2) is 22.0 Å². The summed E-state index contributed by atoms with van der Waals surface area (Å²) < 4.78 is 1.56. The van der Waals surface area contributed by atoms with E-state index < -0.39 is 4.92 Å². The molecule has 0 atom stereocenters. The molecule has 0 aliphatic rings. The monoisotopic (exact) mass is 272 g/mol. The summed E-state index contributed by atoms with van der Waals surface area (Å²) in [5, 5.41) is 13.2. The van der Waals surface area contributed by atoms with Crippen LogP contribution in [0.25, 0.3) is 10.1 Å². The van der Waals surface area contributed by atoms with Gasteiger partial charge in [-0.1, -0.05) is 0 Å². The average Bonchev–Trinajstić information content (AvgIpc) is 2.46. The van der Waals surface area contributed by atoms with Gasteiger partial charge in [0.25, 0.3) is 5.69 Å². The number of benzene rings is 1. The maximum absolute atomic E-state index is 10.8. The molecule has 0 fully saturated rings. The summed E-state index contributed by atoms with van der Waals surface area (Å²) in [5.41, 5.74) is 6.02. The van der Waals surface area contributed by atoms with E-state index in [9.17, 15) is 10.1 Å². The van der Waals surface area contributed by atoms with E-state index in [2.05, 4.69) is 15.9 Å². The number of thiophene rings is 1. The van der Waals surface area contributed by atoms with Crippen LogP contribution in [0.4, 0.5) is 11.4 Å². The molecule has 0 bridgehead atoms. The molecule has 2 aromatic rings. The van der Waals surface area contributed by atoms with Gasteiger partial charge in [-0.15, -0.1) is 11.3 Å². The van der Waals surface area contributed by atoms with E-state index in [-0.39, 0.29) is 5.69 Å². The normalized spacial score (nSPS) is 10.6. The molecule has 14 heavy (non-hydrogen) atoms. The number of non-ortho nitro benzene ring substituents is 1. The Hall–Kier alpha value is -1.14. The van der Waals surface area contributed by atoms with E-state index in [0.717, 1.165) is 9.17 Å². The number of nitrogens with two attached hydrogens (primary N) is 1. The van der Waals surface area contributed by atoms with Crippen molar-refractivity contribution >= 4 is 48.7 Å². The Kier molecular flexibility index (Phi) is 2.16. The number of rotatable bonds is 1. The van der Waals surface area contributed by atoms with Gasteiger partial charge in [-0.05, 0) is 22.0 Å². The van der Waals surface area contributed by atoms with Gasteiger partial charge >= 0.3 is 0 Å². The van der Waals surface area contributed by atoms with E-state index >= 15 is 0 Å². The Morgan fingerprint density at radius 1 is 1.50 bits per heavy atom. The SMILES string of the molecule is Nc1cc([N+](=O)[O-])c2c(Br)csc2c1. The van der Waals surface area contributed by atoms with Crippen molar-refractivity contribution in [3.63, 3.8) is 0 Å². The van der Waals surface area contributed by atoms with Gasteiger partial charge in [0.2, 0.25) is 0 Å². The zero-order valence-electron chi connectivity index (χ0n) is 6.86. The number of halogens is 1. The Morgan fingerprint density at radius 3 is 2.86 bits per heavy atom. The highest BCUT2D eigenvalue weighted by molar-refractivity contribution is 9.10. The van der Waals surface area contributed by atoms with Gasteiger partial charge in [0.05, 0.1) is 10.3 Å². The van der Waals surface area contributed by atoms with Gasteiger partial charge < -0.3 is 5.73 Å². The summed E-state index contributed by atoms with van der Waals surface area (Å²) in [5.74, 6) is 0. The lowest BCUT2D eigenvalue weighted by molar-refractivity contribution is -0.383. The molecule has 0 unspecified atom stereocenters. The van der Waals surface area contributed by atoms with Crippen LogP contribution in [0.5, 0.6) is 0 Å². The van der Waals surface area contributed by atoms with Gasteiger partial charge in [-0.2, -0.15) is 0 Å². The summed E-state index contributed by atoms with van der Waals surface area (Å²) in [7, 11) is 0. The molecule has 0 saturated carbocycles. The zero-order chi connectivity index (χ0) is 10.3. The molecular formula is C8H5BrN2O2S. The molecule has 1 heterocycles. The van der Waals surface area contributed by atoms with Gasteiger partial charge in [0.1, 0.15) is 0 Å². The number of nitrogen functional groups attached to an aromatic ring is 1. The fraction of sp³-hybridized carbons (Fsp3) is 0. The van der Waals surface area contributed by atoms with E-state index in [1.165, 1.54) is 17.4 Å². The first-order valence-corrected chi connectivity index (χ1v) is 5.37. The minimum atomic E-state index is -0.420. The summed E-state index contributed by atoms with van der Waals surface area (Å²) >= 11 is 4.70. The summed E-state index contributed by atoms with van der Waals surface area (Å²) in [6, 6.07) is 3.11. The molecule has 1 aromatic heterocycles. The van der Waals surface area contributed by atoms with Crippen LogP contribution < -0.4 is 5.73 Å². The topological polar surface area (TPSA) is 69.2 Å². The highest BCUT2D eigenvalue weighted by Gasteiger charge is 2.16. The average molecular weight is 273 g/mol. The Balaban J connectivity index is 2.90.